The summed E-state index contributed by atoms with van der Waals surface area (Å²) in [4.78, 5) is 22.3. The van der Waals surface area contributed by atoms with E-state index in [0.29, 0.717) is 16.1 Å². The van der Waals surface area contributed by atoms with E-state index in [-0.39, 0.29) is 10.7 Å². The zero-order chi connectivity index (χ0) is 18.6. The molecule has 2 aromatic rings. The van der Waals surface area contributed by atoms with Crippen molar-refractivity contribution in [3.8, 4) is 0 Å². The number of hydrogen-bond donors (Lipinski definition) is 2. The Hall–Kier alpha value is -2.22. The molecule has 8 heteroatoms. The maximum Gasteiger partial charge on any atom is 0.305 e. The first-order valence-electron chi connectivity index (χ1n) is 7.29. The van der Waals surface area contributed by atoms with E-state index in [1.165, 1.54) is 31.2 Å². The van der Waals surface area contributed by atoms with Crippen molar-refractivity contribution in [2.45, 2.75) is 24.3 Å². The Labute approximate surface area is 150 Å². The Kier molecular flexibility index (Phi) is 5.94. The molecule has 0 spiro atoms. The van der Waals surface area contributed by atoms with E-state index in [4.69, 9.17) is 16.7 Å². The van der Waals surface area contributed by atoms with Gasteiger partial charge in [-0.1, -0.05) is 35.9 Å². The van der Waals surface area contributed by atoms with Crippen LogP contribution in [0.2, 0.25) is 5.02 Å². The number of benzene rings is 2. The smallest absolute Gasteiger partial charge is 0.305 e. The summed E-state index contributed by atoms with van der Waals surface area (Å²) in [5.41, 5.74) is 0.870. The van der Waals surface area contributed by atoms with Gasteiger partial charge in [0.2, 0.25) is 10.0 Å². The van der Waals surface area contributed by atoms with E-state index in [9.17, 15) is 18.0 Å². The molecule has 6 nitrogen and oxygen atoms in total. The highest BCUT2D eigenvalue weighted by molar-refractivity contribution is 7.89. The van der Waals surface area contributed by atoms with E-state index in [0.717, 1.165) is 0 Å². The third-order valence-corrected chi connectivity index (χ3v) is 5.26. The average molecular weight is 382 g/mol. The fraction of sp³-hybridized carbons (Fsp3) is 0.176. The molecule has 0 bridgehead atoms. The molecule has 0 aliphatic heterocycles. The number of ketones is 1. The number of nitrogens with one attached hydrogen (secondary N) is 1. The van der Waals surface area contributed by atoms with E-state index >= 15 is 0 Å². The van der Waals surface area contributed by atoms with Crippen LogP contribution >= 0.6 is 11.6 Å². The predicted molar refractivity (Wildman–Crippen MR) is 93.2 cm³/mol. The second-order valence-corrected chi connectivity index (χ2v) is 7.55. The maximum atomic E-state index is 12.5. The summed E-state index contributed by atoms with van der Waals surface area (Å²) in [5, 5.41) is 9.53. The third kappa shape index (κ3) is 5.12. The quantitative estimate of drug-likeness (QED) is 0.718. The van der Waals surface area contributed by atoms with E-state index in [1.807, 2.05) is 0 Å². The maximum absolute atomic E-state index is 12.5. The normalized spacial score (nSPS) is 12.6. The highest BCUT2D eigenvalue weighted by atomic mass is 35.5. The average Bonchev–Trinajstić information content (AvgIpc) is 2.54. The third-order valence-electron chi connectivity index (χ3n) is 3.52. The van der Waals surface area contributed by atoms with Gasteiger partial charge < -0.3 is 5.11 Å². The van der Waals surface area contributed by atoms with Crippen molar-refractivity contribution in [1.29, 1.82) is 0 Å². The summed E-state index contributed by atoms with van der Waals surface area (Å²) in [6.07, 6.45) is -0.424. The van der Waals surface area contributed by atoms with Gasteiger partial charge in [0.15, 0.2) is 5.78 Å². The van der Waals surface area contributed by atoms with Crippen molar-refractivity contribution in [3.05, 3.63) is 64.7 Å². The SMILES string of the molecule is CC(=O)c1ccc(S(=O)(=O)N[C@H](CC(=O)O)c2ccc(Cl)cc2)cc1. The van der Waals surface area contributed by atoms with Gasteiger partial charge in [-0.2, -0.15) is 0 Å². The summed E-state index contributed by atoms with van der Waals surface area (Å²) in [5.74, 6) is -1.32. The Morgan fingerprint density at radius 1 is 1.08 bits per heavy atom. The molecular weight excluding hydrogens is 366 g/mol. The van der Waals surface area contributed by atoms with Crippen LogP contribution in [0.3, 0.4) is 0 Å². The number of rotatable bonds is 7. The lowest BCUT2D eigenvalue weighted by molar-refractivity contribution is -0.137. The van der Waals surface area contributed by atoms with Crippen LogP contribution in [0.15, 0.2) is 53.4 Å². The molecule has 25 heavy (non-hydrogen) atoms. The molecule has 2 N–H and O–H groups in total. The second-order valence-electron chi connectivity index (χ2n) is 5.40. The first-order chi connectivity index (χ1) is 11.7. The van der Waals surface area contributed by atoms with Crippen LogP contribution in [0.1, 0.15) is 35.3 Å². The fourth-order valence-electron chi connectivity index (χ4n) is 2.22. The molecule has 0 aliphatic rings. The van der Waals surface area contributed by atoms with Gasteiger partial charge in [0.1, 0.15) is 0 Å². The van der Waals surface area contributed by atoms with Crippen molar-refractivity contribution >= 4 is 33.4 Å². The van der Waals surface area contributed by atoms with Crippen LogP contribution in [0.4, 0.5) is 0 Å². The highest BCUT2D eigenvalue weighted by Crippen LogP contribution is 2.22. The van der Waals surface area contributed by atoms with E-state index < -0.39 is 28.5 Å². The molecule has 132 valence electrons. The largest absolute Gasteiger partial charge is 0.481 e. The van der Waals surface area contributed by atoms with Gasteiger partial charge in [-0.05, 0) is 36.8 Å². The molecule has 0 heterocycles. The Morgan fingerprint density at radius 3 is 2.12 bits per heavy atom. The number of hydrogen-bond acceptors (Lipinski definition) is 4. The van der Waals surface area contributed by atoms with Crippen LogP contribution in [-0.2, 0) is 14.8 Å². The summed E-state index contributed by atoms with van der Waals surface area (Å²) >= 11 is 5.81. The van der Waals surface area contributed by atoms with Crippen LogP contribution in [0.5, 0.6) is 0 Å². The van der Waals surface area contributed by atoms with Crippen LogP contribution in [0.25, 0.3) is 0 Å². The van der Waals surface area contributed by atoms with Gasteiger partial charge in [0, 0.05) is 10.6 Å². The van der Waals surface area contributed by atoms with Crippen molar-refractivity contribution in [1.82, 2.24) is 4.72 Å². The molecule has 2 rings (SSSR count). The Morgan fingerprint density at radius 2 is 1.64 bits per heavy atom. The fourth-order valence-corrected chi connectivity index (χ4v) is 3.57. The summed E-state index contributed by atoms with van der Waals surface area (Å²) < 4.78 is 27.4. The number of sulfonamides is 1. The summed E-state index contributed by atoms with van der Waals surface area (Å²) in [7, 11) is -3.96. The van der Waals surface area contributed by atoms with Gasteiger partial charge in [-0.25, -0.2) is 13.1 Å². The highest BCUT2D eigenvalue weighted by Gasteiger charge is 2.23. The molecule has 0 aromatic heterocycles. The van der Waals surface area contributed by atoms with Crippen LogP contribution in [0, 0.1) is 0 Å². The molecule has 2 aromatic carbocycles. The number of aliphatic carboxylic acids is 1. The predicted octanol–water partition coefficient (Wildman–Crippen LogP) is 3.04. The van der Waals surface area contributed by atoms with Crippen LogP contribution in [-0.4, -0.2) is 25.3 Å². The van der Waals surface area contributed by atoms with Crippen molar-refractivity contribution < 1.29 is 23.1 Å². The zero-order valence-electron chi connectivity index (χ0n) is 13.3. The summed E-state index contributed by atoms with van der Waals surface area (Å²) in [6, 6.07) is 10.7. The molecule has 0 saturated carbocycles. The van der Waals surface area contributed by atoms with Crippen molar-refractivity contribution in [2.75, 3.05) is 0 Å². The number of carbonyl (C=O) groups excluding carboxylic acids is 1. The Bertz CT molecular complexity index is 876. The molecular formula is C17H16ClNO5S. The molecule has 0 saturated heterocycles. The first kappa shape index (κ1) is 19.1. The molecule has 0 amide bonds. The van der Waals surface area contributed by atoms with Gasteiger partial charge >= 0.3 is 5.97 Å². The molecule has 1 atom stereocenters. The summed E-state index contributed by atoms with van der Waals surface area (Å²) in [6.45, 7) is 1.38. The minimum Gasteiger partial charge on any atom is -0.481 e. The lowest BCUT2D eigenvalue weighted by Crippen LogP contribution is -2.30. The van der Waals surface area contributed by atoms with E-state index in [2.05, 4.69) is 4.72 Å². The van der Waals surface area contributed by atoms with Gasteiger partial charge in [0.25, 0.3) is 0 Å². The van der Waals surface area contributed by atoms with Gasteiger partial charge in [0.05, 0.1) is 17.4 Å². The topological polar surface area (TPSA) is 101 Å². The minimum absolute atomic E-state index is 0.0538. The first-order valence-corrected chi connectivity index (χ1v) is 9.16. The number of halogens is 1. The molecule has 0 radical (unpaired) electrons. The Balaban J connectivity index is 2.31. The molecule has 0 fully saturated rings. The second kappa shape index (κ2) is 7.77. The lowest BCUT2D eigenvalue weighted by Gasteiger charge is -2.18. The van der Waals surface area contributed by atoms with E-state index in [1.54, 1.807) is 24.3 Å². The minimum atomic E-state index is -3.96. The van der Waals surface area contributed by atoms with Gasteiger partial charge in [-0.3, -0.25) is 9.59 Å². The number of carbonyl (C=O) groups is 2. The number of carboxylic acids is 1. The van der Waals surface area contributed by atoms with Crippen molar-refractivity contribution in [2.24, 2.45) is 0 Å². The number of carboxylic acid groups (broad SMARTS) is 1. The lowest BCUT2D eigenvalue weighted by atomic mass is 10.1. The molecule has 0 unspecified atom stereocenters. The standard InChI is InChI=1S/C17H16ClNO5S/c1-11(20)12-4-8-15(9-5-12)25(23,24)19-16(10-17(21)22)13-2-6-14(18)7-3-13/h2-9,16,19H,10H2,1H3,(H,21,22)/t16-/m1/s1. The molecule has 0 aliphatic carbocycles. The van der Waals surface area contributed by atoms with Crippen molar-refractivity contribution in [3.63, 3.8) is 0 Å². The zero-order valence-corrected chi connectivity index (χ0v) is 14.8. The van der Waals surface area contributed by atoms with Gasteiger partial charge in [-0.15, -0.1) is 0 Å². The van der Waals surface area contributed by atoms with Crippen LogP contribution < -0.4 is 4.72 Å². The monoisotopic (exact) mass is 381 g/mol. The number of Topliss-reactive ketones (excluding diaryl/α,β-unsaturated/α-hetero) is 1.